The lowest BCUT2D eigenvalue weighted by Gasteiger charge is -2.12. The van der Waals surface area contributed by atoms with Gasteiger partial charge in [0.25, 0.3) is 11.1 Å². The molecule has 138 valence electrons. The van der Waals surface area contributed by atoms with Gasteiger partial charge in [0.1, 0.15) is 12.4 Å². The van der Waals surface area contributed by atoms with Crippen LogP contribution in [0.15, 0.2) is 57.9 Å². The Morgan fingerprint density at radius 2 is 1.93 bits per heavy atom. The van der Waals surface area contributed by atoms with E-state index < -0.39 is 18.5 Å². The van der Waals surface area contributed by atoms with E-state index in [4.69, 9.17) is 4.74 Å². The minimum absolute atomic E-state index is 0.190. The number of hydrogen-bond acceptors (Lipinski definition) is 6. The molecule has 1 aliphatic heterocycles. The van der Waals surface area contributed by atoms with Crippen molar-refractivity contribution in [2.45, 2.75) is 6.54 Å². The van der Waals surface area contributed by atoms with E-state index in [1.54, 1.807) is 18.2 Å². The number of ether oxygens (including phenoxy) is 1. The van der Waals surface area contributed by atoms with Gasteiger partial charge in [-0.05, 0) is 41.6 Å². The normalized spacial score (nSPS) is 15.4. The van der Waals surface area contributed by atoms with Gasteiger partial charge in [-0.25, -0.2) is 0 Å². The van der Waals surface area contributed by atoms with Gasteiger partial charge in [0.05, 0.1) is 17.4 Å². The molecule has 1 aliphatic rings. The van der Waals surface area contributed by atoms with E-state index in [2.05, 4.69) is 15.9 Å². The maximum absolute atomic E-state index is 12.6. The third-order valence-corrected chi connectivity index (χ3v) is 5.06. The van der Waals surface area contributed by atoms with Gasteiger partial charge in [-0.1, -0.05) is 46.3 Å². The molecule has 1 heterocycles. The summed E-state index contributed by atoms with van der Waals surface area (Å²) in [6.07, 6.45) is 1.52. The Balaban J connectivity index is 1.85. The van der Waals surface area contributed by atoms with Crippen molar-refractivity contribution in [2.75, 3.05) is 6.61 Å². The highest BCUT2D eigenvalue weighted by Crippen LogP contribution is 2.35. The highest BCUT2D eigenvalue weighted by Gasteiger charge is 2.35. The number of carbonyl (C=O) groups is 3. The van der Waals surface area contributed by atoms with Crippen molar-refractivity contribution in [3.8, 4) is 5.75 Å². The summed E-state index contributed by atoms with van der Waals surface area (Å²) >= 11 is 4.16. The van der Waals surface area contributed by atoms with Gasteiger partial charge in [-0.2, -0.15) is 0 Å². The summed E-state index contributed by atoms with van der Waals surface area (Å²) in [5.74, 6) is -1.48. The fourth-order valence-corrected chi connectivity index (χ4v) is 3.65. The Kier molecular flexibility index (Phi) is 5.98. The molecule has 27 heavy (non-hydrogen) atoms. The molecular weight excluding hydrogens is 434 g/mol. The SMILES string of the molecule is O=C([O-])COc1ccc(Br)cc1/C=C1\SC(=O)N(Cc2ccccc2)C1=O. The number of carbonyl (C=O) groups excluding carboxylic acids is 3. The maximum atomic E-state index is 12.6. The molecule has 0 aliphatic carbocycles. The van der Waals surface area contributed by atoms with Crippen molar-refractivity contribution >= 4 is 50.9 Å². The zero-order valence-corrected chi connectivity index (χ0v) is 16.3. The molecule has 0 N–H and O–H groups in total. The second-order valence-electron chi connectivity index (χ2n) is 5.60. The molecule has 0 saturated carbocycles. The second-order valence-corrected chi connectivity index (χ2v) is 7.51. The molecule has 0 radical (unpaired) electrons. The highest BCUT2D eigenvalue weighted by molar-refractivity contribution is 9.10. The number of thioether (sulfide) groups is 1. The number of halogens is 1. The Morgan fingerprint density at radius 3 is 2.63 bits per heavy atom. The quantitative estimate of drug-likeness (QED) is 0.634. The molecule has 8 heteroatoms. The Morgan fingerprint density at radius 1 is 1.19 bits per heavy atom. The highest BCUT2D eigenvalue weighted by atomic mass is 79.9. The van der Waals surface area contributed by atoms with Gasteiger partial charge < -0.3 is 14.6 Å². The van der Waals surface area contributed by atoms with Crippen LogP contribution >= 0.6 is 27.7 Å². The predicted molar refractivity (Wildman–Crippen MR) is 103 cm³/mol. The molecule has 0 atom stereocenters. The minimum atomic E-state index is -1.35. The van der Waals surface area contributed by atoms with E-state index in [0.29, 0.717) is 5.56 Å². The van der Waals surface area contributed by atoms with Crippen LogP contribution in [0.2, 0.25) is 0 Å². The van der Waals surface area contributed by atoms with E-state index in [1.807, 2.05) is 30.3 Å². The van der Waals surface area contributed by atoms with Gasteiger partial charge in [-0.3, -0.25) is 14.5 Å². The lowest BCUT2D eigenvalue weighted by Crippen LogP contribution is -2.29. The standard InChI is InChI=1S/C19H14BrNO5S/c20-14-6-7-15(26-11-17(22)23)13(8-14)9-16-18(24)21(19(25)27-16)10-12-4-2-1-3-5-12/h1-9H,10-11H2,(H,22,23)/p-1/b16-9-. The van der Waals surface area contributed by atoms with Crippen LogP contribution in [0.1, 0.15) is 11.1 Å². The van der Waals surface area contributed by atoms with Gasteiger partial charge in [0.15, 0.2) is 0 Å². The molecule has 2 aromatic carbocycles. The number of aliphatic carboxylic acids is 1. The lowest BCUT2D eigenvalue weighted by atomic mass is 10.1. The molecular formula is C19H13BrNO5S-. The maximum Gasteiger partial charge on any atom is 0.293 e. The summed E-state index contributed by atoms with van der Waals surface area (Å²) < 4.78 is 5.92. The van der Waals surface area contributed by atoms with E-state index in [0.717, 1.165) is 21.8 Å². The number of amides is 2. The zero-order valence-electron chi connectivity index (χ0n) is 13.9. The molecule has 1 saturated heterocycles. The number of hydrogen-bond donors (Lipinski definition) is 0. The molecule has 3 rings (SSSR count). The van der Waals surface area contributed by atoms with Crippen molar-refractivity contribution in [3.05, 3.63) is 69.0 Å². The van der Waals surface area contributed by atoms with Crippen molar-refractivity contribution in [3.63, 3.8) is 0 Å². The number of imide groups is 1. The smallest absolute Gasteiger partial charge is 0.293 e. The van der Waals surface area contributed by atoms with Gasteiger partial charge in [0, 0.05) is 10.0 Å². The molecule has 1 fully saturated rings. The van der Waals surface area contributed by atoms with Crippen molar-refractivity contribution in [2.24, 2.45) is 0 Å². The average molecular weight is 447 g/mol. The van der Waals surface area contributed by atoms with Crippen LogP contribution in [-0.4, -0.2) is 28.6 Å². The van der Waals surface area contributed by atoms with Gasteiger partial charge >= 0.3 is 0 Å². The van der Waals surface area contributed by atoms with Crippen LogP contribution in [0.3, 0.4) is 0 Å². The van der Waals surface area contributed by atoms with Crippen molar-refractivity contribution in [1.82, 2.24) is 4.90 Å². The van der Waals surface area contributed by atoms with Crippen molar-refractivity contribution in [1.29, 1.82) is 0 Å². The summed E-state index contributed by atoms with van der Waals surface area (Å²) in [4.78, 5) is 37.0. The fourth-order valence-electron chi connectivity index (χ4n) is 2.44. The first-order chi connectivity index (χ1) is 12.9. The molecule has 0 bridgehead atoms. The van der Waals surface area contributed by atoms with Crippen LogP contribution < -0.4 is 9.84 Å². The Bertz CT molecular complexity index is 929. The largest absolute Gasteiger partial charge is 0.546 e. The monoisotopic (exact) mass is 446 g/mol. The zero-order chi connectivity index (χ0) is 19.4. The Hall–Kier alpha value is -2.58. The average Bonchev–Trinajstić information content (AvgIpc) is 2.89. The third-order valence-electron chi connectivity index (χ3n) is 3.66. The minimum Gasteiger partial charge on any atom is -0.546 e. The molecule has 0 unspecified atom stereocenters. The second kappa shape index (κ2) is 8.41. The van der Waals surface area contributed by atoms with Crippen LogP contribution in [0, 0.1) is 0 Å². The summed E-state index contributed by atoms with van der Waals surface area (Å²) in [5, 5.41) is 10.3. The molecule has 2 aromatic rings. The fraction of sp³-hybridized carbons (Fsp3) is 0.105. The first kappa shape index (κ1) is 19.2. The van der Waals surface area contributed by atoms with E-state index in [1.165, 1.54) is 11.0 Å². The van der Waals surface area contributed by atoms with Crippen molar-refractivity contribution < 1.29 is 24.2 Å². The lowest BCUT2D eigenvalue weighted by molar-refractivity contribution is -0.307. The molecule has 0 aromatic heterocycles. The molecule has 6 nitrogen and oxygen atoms in total. The van der Waals surface area contributed by atoms with E-state index >= 15 is 0 Å². The van der Waals surface area contributed by atoms with Crippen LogP contribution in [0.25, 0.3) is 6.08 Å². The predicted octanol–water partition coefficient (Wildman–Crippen LogP) is 2.81. The number of carboxylic acid groups (broad SMARTS) is 1. The van der Waals surface area contributed by atoms with E-state index in [-0.39, 0.29) is 22.4 Å². The Labute approximate surface area is 167 Å². The third kappa shape index (κ3) is 4.78. The van der Waals surface area contributed by atoms with Gasteiger partial charge in [0.2, 0.25) is 0 Å². The van der Waals surface area contributed by atoms with Crippen LogP contribution in [0.4, 0.5) is 4.79 Å². The van der Waals surface area contributed by atoms with E-state index in [9.17, 15) is 19.5 Å². The van der Waals surface area contributed by atoms with Crippen LogP contribution in [0.5, 0.6) is 5.75 Å². The number of carboxylic acids is 1. The first-order valence-corrected chi connectivity index (χ1v) is 9.46. The summed E-state index contributed by atoms with van der Waals surface area (Å²) in [7, 11) is 0. The molecule has 2 amide bonds. The first-order valence-electron chi connectivity index (χ1n) is 7.85. The van der Waals surface area contributed by atoms with Gasteiger partial charge in [-0.15, -0.1) is 0 Å². The summed E-state index contributed by atoms with van der Waals surface area (Å²) in [6.45, 7) is -0.423. The number of nitrogens with zero attached hydrogens (tertiary/aromatic N) is 1. The summed E-state index contributed by atoms with van der Waals surface area (Å²) in [6, 6.07) is 14.2. The topological polar surface area (TPSA) is 86.7 Å². The molecule has 0 spiro atoms. The number of benzene rings is 2. The number of rotatable bonds is 6. The van der Waals surface area contributed by atoms with Crippen LogP contribution in [-0.2, 0) is 16.1 Å². The summed E-state index contributed by atoms with van der Waals surface area (Å²) in [5.41, 5.74) is 1.33.